The van der Waals surface area contributed by atoms with Gasteiger partial charge in [0.1, 0.15) is 0 Å². The van der Waals surface area contributed by atoms with Gasteiger partial charge in [0.2, 0.25) is 0 Å². The zero-order valence-corrected chi connectivity index (χ0v) is 8.12. The smallest absolute Gasteiger partial charge is 0.166 e. The van der Waals surface area contributed by atoms with Crippen molar-refractivity contribution in [1.29, 1.82) is 0 Å². The molecular weight excluding hydrogens is 179 g/mol. The Bertz CT molecular complexity index is 276. The van der Waals surface area contributed by atoms with Crippen molar-refractivity contribution in [2.75, 3.05) is 19.6 Å². The average molecular weight is 194 g/mol. The molecule has 2 nitrogen and oxygen atoms in total. The Balaban J connectivity index is 1.96. The maximum absolute atomic E-state index is 13.4. The lowest BCUT2D eigenvalue weighted by molar-refractivity contribution is 0.0521. The van der Waals surface area contributed by atoms with Crippen molar-refractivity contribution in [3.8, 4) is 0 Å². The van der Waals surface area contributed by atoms with E-state index in [4.69, 9.17) is 0 Å². The van der Waals surface area contributed by atoms with Gasteiger partial charge >= 0.3 is 0 Å². The largest absolute Gasteiger partial charge is 0.311 e. The average Bonchev–Trinajstić information content (AvgIpc) is 2.23. The summed E-state index contributed by atoms with van der Waals surface area (Å²) < 4.78 is 13.4. The summed E-state index contributed by atoms with van der Waals surface area (Å²) in [6, 6.07) is 10.0. The van der Waals surface area contributed by atoms with E-state index in [1.54, 1.807) is 0 Å². The van der Waals surface area contributed by atoms with E-state index in [1.165, 1.54) is 5.56 Å². The van der Waals surface area contributed by atoms with Crippen LogP contribution in [0.2, 0.25) is 0 Å². The SMILES string of the molecule is FC1CNCCN1Cc1ccccc1. The molecular formula is C11H15FN2. The van der Waals surface area contributed by atoms with Crippen LogP contribution in [0.1, 0.15) is 5.56 Å². The molecule has 0 radical (unpaired) electrons. The van der Waals surface area contributed by atoms with Gasteiger partial charge in [-0.15, -0.1) is 0 Å². The molecule has 14 heavy (non-hydrogen) atoms. The lowest BCUT2D eigenvalue weighted by Gasteiger charge is -2.30. The van der Waals surface area contributed by atoms with E-state index < -0.39 is 6.30 Å². The van der Waals surface area contributed by atoms with Gasteiger partial charge in [-0.05, 0) is 5.56 Å². The molecule has 1 aromatic carbocycles. The molecule has 1 saturated heterocycles. The van der Waals surface area contributed by atoms with Crippen molar-refractivity contribution >= 4 is 0 Å². The molecule has 3 heteroatoms. The highest BCUT2D eigenvalue weighted by atomic mass is 19.1. The van der Waals surface area contributed by atoms with Gasteiger partial charge in [-0.25, -0.2) is 4.39 Å². The quantitative estimate of drug-likeness (QED) is 0.716. The second-order valence-corrected chi connectivity index (χ2v) is 3.59. The summed E-state index contributed by atoms with van der Waals surface area (Å²) in [5.41, 5.74) is 1.18. The fourth-order valence-corrected chi connectivity index (χ4v) is 1.71. The molecule has 0 amide bonds. The van der Waals surface area contributed by atoms with Gasteiger partial charge in [-0.2, -0.15) is 0 Å². The van der Waals surface area contributed by atoms with Crippen molar-refractivity contribution in [3.05, 3.63) is 35.9 Å². The fraction of sp³-hybridized carbons (Fsp3) is 0.455. The summed E-state index contributed by atoms with van der Waals surface area (Å²) in [5.74, 6) is 0. The van der Waals surface area contributed by atoms with Crippen molar-refractivity contribution in [2.24, 2.45) is 0 Å². The molecule has 1 N–H and O–H groups in total. The van der Waals surface area contributed by atoms with E-state index in [0.717, 1.165) is 13.1 Å². The number of nitrogens with zero attached hydrogens (tertiary/aromatic N) is 1. The third-order valence-electron chi connectivity index (χ3n) is 2.51. The van der Waals surface area contributed by atoms with E-state index >= 15 is 0 Å². The highest BCUT2D eigenvalue weighted by Gasteiger charge is 2.20. The number of nitrogens with one attached hydrogen (secondary N) is 1. The van der Waals surface area contributed by atoms with Crippen LogP contribution in [0.5, 0.6) is 0 Å². The molecule has 1 fully saturated rings. The minimum absolute atomic E-state index is 0.451. The van der Waals surface area contributed by atoms with Crippen molar-refractivity contribution in [3.63, 3.8) is 0 Å². The summed E-state index contributed by atoms with van der Waals surface area (Å²) >= 11 is 0. The van der Waals surface area contributed by atoms with Crippen molar-refractivity contribution in [1.82, 2.24) is 10.2 Å². The van der Waals surface area contributed by atoms with Gasteiger partial charge < -0.3 is 5.32 Å². The van der Waals surface area contributed by atoms with Crippen LogP contribution in [0.3, 0.4) is 0 Å². The monoisotopic (exact) mass is 194 g/mol. The topological polar surface area (TPSA) is 15.3 Å². The summed E-state index contributed by atoms with van der Waals surface area (Å²) in [7, 11) is 0. The molecule has 2 rings (SSSR count). The predicted octanol–water partition coefficient (Wildman–Crippen LogP) is 1.39. The summed E-state index contributed by atoms with van der Waals surface area (Å²) in [5, 5.41) is 3.03. The lowest BCUT2D eigenvalue weighted by atomic mass is 10.2. The van der Waals surface area contributed by atoms with Crippen LogP contribution >= 0.6 is 0 Å². The number of hydrogen-bond donors (Lipinski definition) is 1. The third-order valence-corrected chi connectivity index (χ3v) is 2.51. The standard InChI is InChI=1S/C11H15FN2/c12-11-8-13-6-7-14(11)9-10-4-2-1-3-5-10/h1-5,11,13H,6-9H2. The first kappa shape index (κ1) is 9.62. The van der Waals surface area contributed by atoms with Crippen LogP contribution in [0, 0.1) is 0 Å². The molecule has 0 spiro atoms. The Morgan fingerprint density at radius 3 is 2.86 bits per heavy atom. The highest BCUT2D eigenvalue weighted by molar-refractivity contribution is 5.14. The van der Waals surface area contributed by atoms with Gasteiger partial charge in [-0.3, -0.25) is 4.90 Å². The van der Waals surface area contributed by atoms with Gasteiger partial charge in [0, 0.05) is 26.2 Å². The van der Waals surface area contributed by atoms with Gasteiger partial charge in [-0.1, -0.05) is 30.3 Å². The number of hydrogen-bond acceptors (Lipinski definition) is 2. The number of halogens is 1. The fourth-order valence-electron chi connectivity index (χ4n) is 1.71. The molecule has 1 aromatic rings. The van der Waals surface area contributed by atoms with Crippen molar-refractivity contribution < 1.29 is 4.39 Å². The summed E-state index contributed by atoms with van der Waals surface area (Å²) in [6.07, 6.45) is -0.844. The van der Waals surface area contributed by atoms with E-state index in [9.17, 15) is 4.39 Å². The van der Waals surface area contributed by atoms with Crippen LogP contribution in [0.15, 0.2) is 30.3 Å². The molecule has 0 bridgehead atoms. The first-order valence-corrected chi connectivity index (χ1v) is 4.99. The van der Waals surface area contributed by atoms with Crippen LogP contribution in [0.25, 0.3) is 0 Å². The van der Waals surface area contributed by atoms with E-state index in [1.807, 2.05) is 35.2 Å². The van der Waals surface area contributed by atoms with Crippen LogP contribution in [0.4, 0.5) is 4.39 Å². The molecule has 1 aliphatic heterocycles. The molecule has 1 unspecified atom stereocenters. The third kappa shape index (κ3) is 2.30. The molecule has 1 atom stereocenters. The molecule has 1 heterocycles. The molecule has 0 saturated carbocycles. The molecule has 76 valence electrons. The number of alkyl halides is 1. The Hall–Kier alpha value is -0.930. The lowest BCUT2D eigenvalue weighted by Crippen LogP contribution is -2.48. The van der Waals surface area contributed by atoms with Gasteiger partial charge in [0.25, 0.3) is 0 Å². The number of benzene rings is 1. The van der Waals surface area contributed by atoms with Crippen molar-refractivity contribution in [2.45, 2.75) is 12.8 Å². The predicted molar refractivity (Wildman–Crippen MR) is 54.6 cm³/mol. The van der Waals surface area contributed by atoms with E-state index in [-0.39, 0.29) is 0 Å². The van der Waals surface area contributed by atoms with E-state index in [0.29, 0.717) is 13.1 Å². The molecule has 1 aliphatic rings. The Morgan fingerprint density at radius 2 is 2.14 bits per heavy atom. The van der Waals surface area contributed by atoms with E-state index in [2.05, 4.69) is 5.32 Å². The zero-order valence-electron chi connectivity index (χ0n) is 8.12. The first-order chi connectivity index (χ1) is 6.86. The normalized spacial score (nSPS) is 23.6. The summed E-state index contributed by atoms with van der Waals surface area (Å²) in [6.45, 7) is 2.83. The molecule has 0 aliphatic carbocycles. The Labute approximate surface area is 83.7 Å². The van der Waals surface area contributed by atoms with Crippen LogP contribution < -0.4 is 5.32 Å². The minimum Gasteiger partial charge on any atom is -0.311 e. The molecule has 0 aromatic heterocycles. The van der Waals surface area contributed by atoms with Gasteiger partial charge in [0.15, 0.2) is 6.30 Å². The summed E-state index contributed by atoms with van der Waals surface area (Å²) in [4.78, 5) is 1.87. The zero-order chi connectivity index (χ0) is 9.80. The van der Waals surface area contributed by atoms with Crippen LogP contribution in [-0.4, -0.2) is 30.8 Å². The maximum Gasteiger partial charge on any atom is 0.166 e. The van der Waals surface area contributed by atoms with Crippen LogP contribution in [-0.2, 0) is 6.54 Å². The second kappa shape index (κ2) is 4.53. The first-order valence-electron chi connectivity index (χ1n) is 4.99. The van der Waals surface area contributed by atoms with Gasteiger partial charge in [0.05, 0.1) is 0 Å². The number of rotatable bonds is 2. The Kier molecular flexibility index (Phi) is 3.11. The Morgan fingerprint density at radius 1 is 1.36 bits per heavy atom. The minimum atomic E-state index is -0.844. The number of piperazine rings is 1. The highest BCUT2D eigenvalue weighted by Crippen LogP contribution is 2.10. The maximum atomic E-state index is 13.4. The second-order valence-electron chi connectivity index (χ2n) is 3.59.